The first kappa shape index (κ1) is 40.4. The average molecular weight is 851 g/mol. The molecule has 2 aliphatic rings. The van der Waals surface area contributed by atoms with E-state index in [0.29, 0.717) is 5.92 Å². The Morgan fingerprint density at radius 3 is 1.77 bits per heavy atom. The van der Waals surface area contributed by atoms with Crippen LogP contribution in [0.4, 0.5) is 11.4 Å². The van der Waals surface area contributed by atoms with E-state index in [0.717, 1.165) is 73.9 Å². The smallest absolute Gasteiger partial charge is 0.0541 e. The topological polar surface area (TPSA) is 25.1 Å². The predicted molar refractivity (Wildman–Crippen MR) is 281 cm³/mol. The fourth-order valence-corrected chi connectivity index (χ4v) is 9.57. The molecule has 3 heterocycles. The molecule has 11 rings (SSSR count). The van der Waals surface area contributed by atoms with Crippen molar-refractivity contribution in [1.29, 1.82) is 0 Å². The van der Waals surface area contributed by atoms with Crippen molar-refractivity contribution in [2.45, 2.75) is 20.3 Å². The molecule has 2 aromatic heterocycles. The van der Waals surface area contributed by atoms with Gasteiger partial charge in [0.2, 0.25) is 0 Å². The third-order valence-corrected chi connectivity index (χ3v) is 12.8. The summed E-state index contributed by atoms with van der Waals surface area (Å²) in [6.45, 7) is 4.51. The lowest BCUT2D eigenvalue weighted by Crippen LogP contribution is -2.18. The molecule has 0 amide bonds. The van der Waals surface area contributed by atoms with E-state index in [-0.39, 0.29) is 0 Å². The van der Waals surface area contributed by atoms with E-state index in [9.17, 15) is 0 Å². The van der Waals surface area contributed by atoms with Gasteiger partial charge in [0.1, 0.15) is 0 Å². The van der Waals surface area contributed by atoms with Gasteiger partial charge in [0.25, 0.3) is 0 Å². The molecule has 7 aromatic carbocycles. The van der Waals surface area contributed by atoms with Crippen LogP contribution in [0.5, 0.6) is 0 Å². The zero-order valence-corrected chi connectivity index (χ0v) is 37.2. The largest absolute Gasteiger partial charge is 0.362 e. The van der Waals surface area contributed by atoms with Gasteiger partial charge in [-0.3, -0.25) is 0 Å². The summed E-state index contributed by atoms with van der Waals surface area (Å²) in [5.74, 6) is 0.306. The molecule has 318 valence electrons. The fourth-order valence-electron chi connectivity index (χ4n) is 9.57. The van der Waals surface area contributed by atoms with Gasteiger partial charge >= 0.3 is 0 Å². The number of allylic oxidation sites excluding steroid dienone is 13. The lowest BCUT2D eigenvalue weighted by Gasteiger charge is -2.30. The van der Waals surface area contributed by atoms with Crippen molar-refractivity contribution in [2.75, 3.05) is 4.90 Å². The molecule has 1 aliphatic heterocycles. The zero-order chi connectivity index (χ0) is 44.4. The van der Waals surface area contributed by atoms with Crippen molar-refractivity contribution in [2.24, 2.45) is 5.92 Å². The van der Waals surface area contributed by atoms with Crippen LogP contribution in [0, 0.1) is 12.8 Å². The SMILES string of the molecule is Cc1ccc(-n2c3ccccc3c3ccccc32)cc1N(C1=C\C(n2c3ccccc3c3ccccc32)=C/C2=C\C=C/C(c3ccccc3)=C/C(=C1)/C=C\C(C)C/C=C/N2)c1ccccc1. The molecule has 1 unspecified atom stereocenters. The maximum atomic E-state index is 3.71. The Morgan fingerprint density at radius 2 is 1.14 bits per heavy atom. The van der Waals surface area contributed by atoms with Gasteiger partial charge in [-0.15, -0.1) is 0 Å². The molecule has 0 saturated heterocycles. The minimum absolute atomic E-state index is 0.306. The van der Waals surface area contributed by atoms with E-state index in [2.05, 4.69) is 276 Å². The van der Waals surface area contributed by atoms with Gasteiger partial charge in [0.15, 0.2) is 0 Å². The lowest BCUT2D eigenvalue weighted by molar-refractivity contribution is 0.741. The van der Waals surface area contributed by atoms with Gasteiger partial charge in [0.05, 0.1) is 33.5 Å². The first-order valence-electron chi connectivity index (χ1n) is 22.9. The molecule has 4 nitrogen and oxygen atoms in total. The summed E-state index contributed by atoms with van der Waals surface area (Å²) >= 11 is 0. The molecule has 2 bridgehead atoms. The summed E-state index contributed by atoms with van der Waals surface area (Å²) < 4.78 is 4.84. The predicted octanol–water partition coefficient (Wildman–Crippen LogP) is 15.9. The van der Waals surface area contributed by atoms with Crippen LogP contribution in [0.15, 0.2) is 260 Å². The van der Waals surface area contributed by atoms with Crippen molar-refractivity contribution in [3.63, 3.8) is 0 Å². The summed E-state index contributed by atoms with van der Waals surface area (Å²) in [6, 6.07) is 63.4. The minimum Gasteiger partial charge on any atom is -0.362 e. The van der Waals surface area contributed by atoms with Gasteiger partial charge in [-0.1, -0.05) is 165 Å². The molecule has 9 aromatic rings. The molecular formula is C62H50N4. The summed E-state index contributed by atoms with van der Waals surface area (Å²) in [6.07, 6.45) is 25.8. The van der Waals surface area contributed by atoms with Crippen LogP contribution in [-0.4, -0.2) is 9.13 Å². The molecule has 1 aliphatic carbocycles. The molecule has 0 spiro atoms. The molecule has 4 heteroatoms. The van der Waals surface area contributed by atoms with Crippen LogP contribution in [0.2, 0.25) is 0 Å². The first-order valence-corrected chi connectivity index (χ1v) is 22.9. The standard InChI is InChI=1S/C62H50N4/c1-44-19-18-38-63-49-23-17-22-48(47-20-5-3-6-21-47)39-46(36-34-44)40-52(42-53(41-49)66-60-32-15-11-28-56(60)57-29-12-16-33-61(57)66)64(50-24-7-4-8-25-50)62-43-51(37-35-45(62)2)65-58-30-13-9-26-54(58)55-27-10-14-31-59(55)65/h3-18,20-44,63H,19H2,1-2H3/b22-17-,23-17?,36-34-,38-18+,46-39?,46-40?,48-22?,48-39-,49-23+,49-41?,52-40?,52-42?,53-41+,53-42?. The van der Waals surface area contributed by atoms with E-state index in [1.54, 1.807) is 0 Å². The number of hydrogen-bond donors (Lipinski definition) is 1. The second kappa shape index (κ2) is 17.7. The fraction of sp³-hybridized carbons (Fsp3) is 0.0645. The highest BCUT2D eigenvalue weighted by Crippen LogP contribution is 2.40. The number of nitrogens with zero attached hydrogens (tertiary/aromatic N) is 3. The Hall–Kier alpha value is -8.34. The Morgan fingerprint density at radius 1 is 0.561 bits per heavy atom. The summed E-state index contributed by atoms with van der Waals surface area (Å²) in [5, 5.41) is 8.61. The third-order valence-electron chi connectivity index (χ3n) is 12.8. The van der Waals surface area contributed by atoms with Crippen LogP contribution in [0.3, 0.4) is 0 Å². The summed E-state index contributed by atoms with van der Waals surface area (Å²) in [7, 11) is 0. The second-order valence-electron chi connectivity index (χ2n) is 17.2. The Labute approximate surface area is 386 Å². The van der Waals surface area contributed by atoms with E-state index >= 15 is 0 Å². The normalized spacial score (nSPS) is 19.4. The number of benzene rings is 7. The Kier molecular flexibility index (Phi) is 10.8. The highest BCUT2D eigenvalue weighted by molar-refractivity contribution is 6.11. The zero-order valence-electron chi connectivity index (χ0n) is 37.2. The number of nitrogens with one attached hydrogen (secondary N) is 1. The number of para-hydroxylation sites is 5. The second-order valence-corrected chi connectivity index (χ2v) is 17.2. The van der Waals surface area contributed by atoms with Crippen molar-refractivity contribution >= 4 is 66.3 Å². The van der Waals surface area contributed by atoms with Gasteiger partial charge in [-0.2, -0.15) is 0 Å². The minimum atomic E-state index is 0.306. The van der Waals surface area contributed by atoms with Crippen LogP contribution < -0.4 is 10.2 Å². The van der Waals surface area contributed by atoms with Crippen LogP contribution >= 0.6 is 0 Å². The van der Waals surface area contributed by atoms with Crippen molar-refractivity contribution in [3.05, 3.63) is 271 Å². The molecular weight excluding hydrogens is 801 g/mol. The molecule has 1 N–H and O–H groups in total. The first-order chi connectivity index (χ1) is 32.6. The van der Waals surface area contributed by atoms with E-state index < -0.39 is 0 Å². The van der Waals surface area contributed by atoms with Gasteiger partial charge in [-0.05, 0) is 127 Å². The van der Waals surface area contributed by atoms with Crippen molar-refractivity contribution < 1.29 is 0 Å². The molecule has 66 heavy (non-hydrogen) atoms. The quantitative estimate of drug-likeness (QED) is 0.180. The van der Waals surface area contributed by atoms with Crippen LogP contribution in [-0.2, 0) is 0 Å². The van der Waals surface area contributed by atoms with E-state index in [4.69, 9.17) is 0 Å². The number of aromatic nitrogens is 2. The third kappa shape index (κ3) is 7.73. The van der Waals surface area contributed by atoms with Crippen LogP contribution in [0.1, 0.15) is 24.5 Å². The summed E-state index contributed by atoms with van der Waals surface area (Å²) in [5.41, 5.74) is 15.3. The number of rotatable bonds is 6. The van der Waals surface area contributed by atoms with Gasteiger partial charge in [0, 0.05) is 44.3 Å². The Balaban J connectivity index is 1.25. The number of anilines is 2. The van der Waals surface area contributed by atoms with Gasteiger partial charge < -0.3 is 19.4 Å². The number of aryl methyl sites for hydroxylation is 1. The lowest BCUT2D eigenvalue weighted by atomic mass is 9.98. The van der Waals surface area contributed by atoms with E-state index in [1.165, 1.54) is 32.6 Å². The molecule has 0 saturated carbocycles. The highest BCUT2D eigenvalue weighted by atomic mass is 15.2. The average Bonchev–Trinajstić information content (AvgIpc) is 3.87. The molecule has 0 radical (unpaired) electrons. The van der Waals surface area contributed by atoms with Gasteiger partial charge in [-0.25, -0.2) is 0 Å². The van der Waals surface area contributed by atoms with Crippen molar-refractivity contribution in [3.8, 4) is 5.69 Å². The highest BCUT2D eigenvalue weighted by Gasteiger charge is 2.22. The molecule has 0 fully saturated rings. The maximum absolute atomic E-state index is 3.71. The summed E-state index contributed by atoms with van der Waals surface area (Å²) in [4.78, 5) is 2.45. The van der Waals surface area contributed by atoms with Crippen molar-refractivity contribution in [1.82, 2.24) is 14.5 Å². The number of fused-ring (bicyclic) bond motifs is 9. The van der Waals surface area contributed by atoms with Crippen LogP contribution in [0.25, 0.3) is 60.6 Å². The Bertz CT molecular complexity index is 3440. The maximum Gasteiger partial charge on any atom is 0.0541 e. The monoisotopic (exact) mass is 850 g/mol. The number of hydrogen-bond acceptors (Lipinski definition) is 2. The molecule has 1 atom stereocenters. The van der Waals surface area contributed by atoms with E-state index in [1.807, 2.05) is 0 Å².